The van der Waals surface area contributed by atoms with E-state index in [0.717, 1.165) is 0 Å². The lowest BCUT2D eigenvalue weighted by Crippen LogP contribution is -2.45. The zero-order valence-corrected chi connectivity index (χ0v) is 20.0. The van der Waals surface area contributed by atoms with Crippen LogP contribution in [0.4, 0.5) is 5.69 Å². The van der Waals surface area contributed by atoms with Gasteiger partial charge in [0.2, 0.25) is 0 Å². The lowest BCUT2D eigenvalue weighted by molar-refractivity contribution is -0.150. The Labute approximate surface area is 208 Å². The van der Waals surface area contributed by atoms with E-state index in [2.05, 4.69) is 10.6 Å². The fourth-order valence-electron chi connectivity index (χ4n) is 3.28. The third kappa shape index (κ3) is 7.01. The van der Waals surface area contributed by atoms with E-state index in [-0.39, 0.29) is 23.0 Å². The Morgan fingerprint density at radius 1 is 0.857 bits per heavy atom. The maximum atomic E-state index is 12.9. The van der Waals surface area contributed by atoms with E-state index in [1.165, 1.54) is 12.1 Å². The number of benzene rings is 3. The minimum Gasteiger partial charge on any atom is -0.454 e. The molecule has 35 heavy (non-hydrogen) atoms. The molecular formula is C27H25ClN2O5. The van der Waals surface area contributed by atoms with E-state index in [0.29, 0.717) is 16.1 Å². The van der Waals surface area contributed by atoms with Crippen LogP contribution in [-0.4, -0.2) is 36.2 Å². The molecule has 8 heteroatoms. The van der Waals surface area contributed by atoms with Crippen LogP contribution in [0, 0.1) is 5.92 Å². The number of hydrogen-bond acceptors (Lipinski definition) is 5. The number of rotatable bonds is 9. The first-order chi connectivity index (χ1) is 16.8. The van der Waals surface area contributed by atoms with Gasteiger partial charge in [0.1, 0.15) is 6.04 Å². The molecule has 7 nitrogen and oxygen atoms in total. The normalized spacial score (nSPS) is 11.4. The summed E-state index contributed by atoms with van der Waals surface area (Å²) < 4.78 is 5.17. The summed E-state index contributed by atoms with van der Waals surface area (Å²) in [7, 11) is 0. The minimum absolute atomic E-state index is 0.207. The van der Waals surface area contributed by atoms with E-state index in [9.17, 15) is 19.2 Å². The lowest BCUT2D eigenvalue weighted by atomic mass is 10.0. The summed E-state index contributed by atoms with van der Waals surface area (Å²) in [6.07, 6.45) is 0. The SMILES string of the molecule is CC(C)[C@@H](NC(=O)c1ccccc1)C(=O)OCC(=O)Nc1ccc(Cl)cc1C(=O)c1ccccc1. The highest BCUT2D eigenvalue weighted by atomic mass is 35.5. The molecule has 0 saturated carbocycles. The van der Waals surface area contributed by atoms with Gasteiger partial charge in [-0.25, -0.2) is 4.79 Å². The average molecular weight is 493 g/mol. The van der Waals surface area contributed by atoms with Gasteiger partial charge in [-0.2, -0.15) is 0 Å². The molecule has 2 N–H and O–H groups in total. The van der Waals surface area contributed by atoms with Crippen LogP contribution in [0.5, 0.6) is 0 Å². The monoisotopic (exact) mass is 492 g/mol. The quantitative estimate of drug-likeness (QED) is 0.338. The number of carbonyl (C=O) groups excluding carboxylic acids is 4. The molecule has 2 amide bonds. The molecule has 0 aliphatic heterocycles. The fraction of sp³-hybridized carbons (Fsp3) is 0.185. The number of ether oxygens (including phenoxy) is 1. The van der Waals surface area contributed by atoms with E-state index in [4.69, 9.17) is 16.3 Å². The van der Waals surface area contributed by atoms with E-state index in [1.807, 2.05) is 0 Å². The van der Waals surface area contributed by atoms with Gasteiger partial charge in [0.15, 0.2) is 12.4 Å². The van der Waals surface area contributed by atoms with Gasteiger partial charge in [0.25, 0.3) is 11.8 Å². The van der Waals surface area contributed by atoms with Crippen molar-refractivity contribution in [2.75, 3.05) is 11.9 Å². The van der Waals surface area contributed by atoms with Gasteiger partial charge in [-0.15, -0.1) is 0 Å². The number of halogens is 1. The van der Waals surface area contributed by atoms with Gasteiger partial charge >= 0.3 is 5.97 Å². The fourth-order valence-corrected chi connectivity index (χ4v) is 3.46. The number of esters is 1. The second-order valence-corrected chi connectivity index (χ2v) is 8.54. The molecule has 0 bridgehead atoms. The van der Waals surface area contributed by atoms with Crippen molar-refractivity contribution in [3.8, 4) is 0 Å². The third-order valence-corrected chi connectivity index (χ3v) is 5.36. The molecule has 0 radical (unpaired) electrons. The molecule has 0 aliphatic carbocycles. The molecule has 1 atom stereocenters. The summed E-state index contributed by atoms with van der Waals surface area (Å²) in [6.45, 7) is 2.92. The smallest absolute Gasteiger partial charge is 0.329 e. The average Bonchev–Trinajstić information content (AvgIpc) is 2.87. The zero-order chi connectivity index (χ0) is 25.4. The summed E-state index contributed by atoms with van der Waals surface area (Å²) in [6, 6.07) is 20.6. The maximum Gasteiger partial charge on any atom is 0.329 e. The first kappa shape index (κ1) is 25.6. The molecule has 0 heterocycles. The number of amides is 2. The summed E-state index contributed by atoms with van der Waals surface area (Å²) in [5.74, 6) is -2.39. The Bertz CT molecular complexity index is 1210. The predicted molar refractivity (Wildman–Crippen MR) is 133 cm³/mol. The molecule has 3 aromatic rings. The Morgan fingerprint density at radius 3 is 2.06 bits per heavy atom. The molecule has 0 saturated heterocycles. The van der Waals surface area contributed by atoms with Gasteiger partial charge in [-0.3, -0.25) is 14.4 Å². The second kappa shape index (κ2) is 11.9. The minimum atomic E-state index is -0.943. The summed E-state index contributed by atoms with van der Waals surface area (Å²) in [4.78, 5) is 50.5. The molecular weight excluding hydrogens is 468 g/mol. The van der Waals surface area contributed by atoms with Crippen LogP contribution >= 0.6 is 11.6 Å². The Balaban J connectivity index is 1.65. The highest BCUT2D eigenvalue weighted by Crippen LogP contribution is 2.24. The molecule has 180 valence electrons. The van der Waals surface area contributed by atoms with Crippen LogP contribution in [0.2, 0.25) is 5.02 Å². The van der Waals surface area contributed by atoms with Crippen LogP contribution in [-0.2, 0) is 14.3 Å². The number of ketones is 1. The van der Waals surface area contributed by atoms with Gasteiger partial charge < -0.3 is 15.4 Å². The standard InChI is InChI=1S/C27H25ClN2O5/c1-17(2)24(30-26(33)19-11-7-4-8-12-19)27(34)35-16-23(31)29-22-14-13-20(28)15-21(22)25(32)18-9-5-3-6-10-18/h3-15,17,24H,16H2,1-2H3,(H,29,31)(H,30,33)/t24-/m1/s1. The number of nitrogens with one attached hydrogen (secondary N) is 2. The van der Waals surface area contributed by atoms with Crippen molar-refractivity contribution in [3.05, 3.63) is 101 Å². The van der Waals surface area contributed by atoms with Crippen LogP contribution in [0.15, 0.2) is 78.9 Å². The van der Waals surface area contributed by atoms with Gasteiger partial charge in [0, 0.05) is 21.7 Å². The topological polar surface area (TPSA) is 102 Å². The number of anilines is 1. The molecule has 0 spiro atoms. The van der Waals surface area contributed by atoms with Crippen LogP contribution in [0.25, 0.3) is 0 Å². The molecule has 0 aromatic heterocycles. The van der Waals surface area contributed by atoms with Crippen molar-refractivity contribution in [3.63, 3.8) is 0 Å². The van der Waals surface area contributed by atoms with Crippen molar-refractivity contribution < 1.29 is 23.9 Å². The Morgan fingerprint density at radius 2 is 1.46 bits per heavy atom. The highest BCUT2D eigenvalue weighted by Gasteiger charge is 2.27. The lowest BCUT2D eigenvalue weighted by Gasteiger charge is -2.21. The molecule has 0 aliphatic rings. The van der Waals surface area contributed by atoms with Crippen LogP contribution < -0.4 is 10.6 Å². The largest absolute Gasteiger partial charge is 0.454 e. The summed E-state index contributed by atoms with van der Waals surface area (Å²) >= 11 is 6.07. The molecule has 0 unspecified atom stereocenters. The molecule has 0 fully saturated rings. The Kier molecular flexibility index (Phi) is 8.75. The van der Waals surface area contributed by atoms with Crippen molar-refractivity contribution in [2.45, 2.75) is 19.9 Å². The first-order valence-electron chi connectivity index (χ1n) is 11.0. The summed E-state index contributed by atoms with van der Waals surface area (Å²) in [5, 5.41) is 5.58. The number of carbonyl (C=O) groups is 4. The molecule has 3 rings (SSSR count). The zero-order valence-electron chi connectivity index (χ0n) is 19.3. The van der Waals surface area contributed by atoms with E-state index >= 15 is 0 Å². The van der Waals surface area contributed by atoms with Crippen LogP contribution in [0.1, 0.15) is 40.1 Å². The van der Waals surface area contributed by atoms with Gasteiger partial charge in [-0.05, 0) is 36.2 Å². The van der Waals surface area contributed by atoms with E-state index < -0.39 is 30.4 Å². The highest BCUT2D eigenvalue weighted by molar-refractivity contribution is 6.31. The third-order valence-electron chi connectivity index (χ3n) is 5.13. The van der Waals surface area contributed by atoms with Gasteiger partial charge in [0.05, 0.1) is 5.69 Å². The summed E-state index contributed by atoms with van der Waals surface area (Å²) in [5.41, 5.74) is 1.29. The second-order valence-electron chi connectivity index (χ2n) is 8.10. The van der Waals surface area contributed by atoms with Crippen molar-refractivity contribution in [2.24, 2.45) is 5.92 Å². The van der Waals surface area contributed by atoms with Gasteiger partial charge in [-0.1, -0.05) is 74.0 Å². The van der Waals surface area contributed by atoms with Crippen molar-refractivity contribution in [1.82, 2.24) is 5.32 Å². The van der Waals surface area contributed by atoms with Crippen LogP contribution in [0.3, 0.4) is 0 Å². The van der Waals surface area contributed by atoms with Crippen molar-refractivity contribution in [1.29, 1.82) is 0 Å². The predicted octanol–water partition coefficient (Wildman–Crippen LogP) is 4.51. The van der Waals surface area contributed by atoms with Crippen molar-refractivity contribution >= 4 is 40.9 Å². The van der Waals surface area contributed by atoms with E-state index in [1.54, 1.807) is 80.6 Å². The maximum absolute atomic E-state index is 12.9. The first-order valence-corrected chi connectivity index (χ1v) is 11.4. The molecule has 3 aromatic carbocycles. The Hall–Kier alpha value is -3.97. The number of hydrogen-bond donors (Lipinski definition) is 2.